The molecular weight excluding hydrogens is 264 g/mol. The van der Waals surface area contributed by atoms with E-state index in [4.69, 9.17) is 0 Å². The number of aromatic nitrogens is 1. The molecule has 90 valence electrons. The lowest BCUT2D eigenvalue weighted by molar-refractivity contribution is 0.441. The van der Waals surface area contributed by atoms with Gasteiger partial charge in [-0.1, -0.05) is 20.8 Å². The van der Waals surface area contributed by atoms with Gasteiger partial charge in [0.15, 0.2) is 0 Å². The maximum absolute atomic E-state index is 4.47. The van der Waals surface area contributed by atoms with Crippen LogP contribution in [0.3, 0.4) is 0 Å². The molecule has 0 fully saturated rings. The Morgan fingerprint density at radius 2 is 2.06 bits per heavy atom. The quantitative estimate of drug-likeness (QED) is 0.856. The highest BCUT2D eigenvalue weighted by molar-refractivity contribution is 9.10. The van der Waals surface area contributed by atoms with Crippen LogP contribution in [0, 0.1) is 5.92 Å². The van der Waals surface area contributed by atoms with Gasteiger partial charge in [0.05, 0.1) is 5.69 Å². The fourth-order valence-corrected chi connectivity index (χ4v) is 1.93. The third-order valence-electron chi connectivity index (χ3n) is 2.59. The average molecular weight is 285 g/mol. The number of rotatable bonds is 6. The van der Waals surface area contributed by atoms with Crippen LogP contribution in [0.15, 0.2) is 22.8 Å². The normalized spacial score (nSPS) is 13.1. The molecule has 1 aromatic rings. The molecule has 1 aromatic heterocycles. The summed E-state index contributed by atoms with van der Waals surface area (Å²) >= 11 is 3.41. The highest BCUT2D eigenvalue weighted by atomic mass is 79.9. The summed E-state index contributed by atoms with van der Waals surface area (Å²) in [5.74, 6) is 0.747. The van der Waals surface area contributed by atoms with Crippen LogP contribution in [0.25, 0.3) is 0 Å². The van der Waals surface area contributed by atoms with E-state index in [0.29, 0.717) is 6.04 Å². The molecular formula is C13H21BrN2. The van der Waals surface area contributed by atoms with Crippen LogP contribution >= 0.6 is 15.9 Å². The van der Waals surface area contributed by atoms with Crippen molar-refractivity contribution >= 4 is 15.9 Å². The Bertz CT molecular complexity index is 295. The molecule has 3 heteroatoms. The average Bonchev–Trinajstić information content (AvgIpc) is 2.25. The van der Waals surface area contributed by atoms with E-state index in [1.54, 1.807) is 0 Å². The molecule has 16 heavy (non-hydrogen) atoms. The molecule has 0 saturated heterocycles. The molecule has 1 heterocycles. The van der Waals surface area contributed by atoms with Gasteiger partial charge in [-0.2, -0.15) is 0 Å². The second kappa shape index (κ2) is 7.02. The van der Waals surface area contributed by atoms with Gasteiger partial charge < -0.3 is 5.32 Å². The summed E-state index contributed by atoms with van der Waals surface area (Å²) < 4.78 is 1.04. The molecule has 1 N–H and O–H groups in total. The van der Waals surface area contributed by atoms with Crippen LogP contribution in [-0.4, -0.2) is 11.5 Å². The Hall–Kier alpha value is -0.410. The first-order valence-electron chi connectivity index (χ1n) is 5.98. The van der Waals surface area contributed by atoms with E-state index >= 15 is 0 Å². The summed E-state index contributed by atoms with van der Waals surface area (Å²) in [5.41, 5.74) is 1.14. The molecule has 1 atom stereocenters. The summed E-state index contributed by atoms with van der Waals surface area (Å²) in [5, 5.41) is 3.50. The first-order valence-corrected chi connectivity index (χ1v) is 6.77. The summed E-state index contributed by atoms with van der Waals surface area (Å²) in [7, 11) is 0. The van der Waals surface area contributed by atoms with Crippen molar-refractivity contribution in [3.63, 3.8) is 0 Å². The minimum Gasteiger partial charge on any atom is -0.309 e. The Morgan fingerprint density at radius 3 is 2.56 bits per heavy atom. The lowest BCUT2D eigenvalue weighted by Crippen LogP contribution is -2.22. The molecule has 1 rings (SSSR count). The minimum absolute atomic E-state index is 0.389. The molecule has 2 nitrogen and oxygen atoms in total. The summed E-state index contributed by atoms with van der Waals surface area (Å²) in [6.07, 6.45) is 4.25. The van der Waals surface area contributed by atoms with Crippen LogP contribution in [0.2, 0.25) is 0 Å². The number of hydrogen-bond donors (Lipinski definition) is 1. The van der Waals surface area contributed by atoms with Gasteiger partial charge in [-0.3, -0.25) is 4.98 Å². The molecule has 0 aromatic carbocycles. The van der Waals surface area contributed by atoms with E-state index in [1.807, 2.05) is 6.20 Å². The summed E-state index contributed by atoms with van der Waals surface area (Å²) in [6, 6.07) is 4.54. The fourth-order valence-electron chi connectivity index (χ4n) is 1.69. The second-order valence-electron chi connectivity index (χ2n) is 4.48. The first kappa shape index (κ1) is 13.7. The summed E-state index contributed by atoms with van der Waals surface area (Å²) in [6.45, 7) is 7.65. The Morgan fingerprint density at radius 1 is 1.31 bits per heavy atom. The lowest BCUT2D eigenvalue weighted by atomic mass is 10.0. The molecule has 0 aliphatic carbocycles. The molecule has 1 unspecified atom stereocenters. The zero-order chi connectivity index (χ0) is 12.0. The van der Waals surface area contributed by atoms with Crippen molar-refractivity contribution in [3.8, 4) is 0 Å². The van der Waals surface area contributed by atoms with Gasteiger partial charge in [-0.05, 0) is 53.4 Å². The molecule has 0 bridgehead atoms. The number of pyridine rings is 1. The molecule has 0 radical (unpaired) electrons. The van der Waals surface area contributed by atoms with Gasteiger partial charge >= 0.3 is 0 Å². The van der Waals surface area contributed by atoms with Gasteiger partial charge in [-0.15, -0.1) is 0 Å². The van der Waals surface area contributed by atoms with Crippen LogP contribution in [0.4, 0.5) is 0 Å². The first-order chi connectivity index (χ1) is 7.63. The van der Waals surface area contributed by atoms with Gasteiger partial charge in [0.25, 0.3) is 0 Å². The predicted octanol–water partition coefficient (Wildman–Crippen LogP) is 3.93. The molecule has 0 spiro atoms. The van der Waals surface area contributed by atoms with Crippen molar-refractivity contribution in [1.82, 2.24) is 10.3 Å². The van der Waals surface area contributed by atoms with E-state index in [0.717, 1.165) is 29.1 Å². The van der Waals surface area contributed by atoms with Gasteiger partial charge in [-0.25, -0.2) is 0 Å². The van der Waals surface area contributed by atoms with E-state index < -0.39 is 0 Å². The smallest absolute Gasteiger partial charge is 0.0574 e. The van der Waals surface area contributed by atoms with Crippen molar-refractivity contribution < 1.29 is 0 Å². The van der Waals surface area contributed by atoms with Crippen LogP contribution < -0.4 is 5.32 Å². The Labute approximate surface area is 107 Å². The Balaban J connectivity index is 2.64. The zero-order valence-electron chi connectivity index (χ0n) is 10.3. The van der Waals surface area contributed by atoms with Gasteiger partial charge in [0.2, 0.25) is 0 Å². The lowest BCUT2D eigenvalue weighted by Gasteiger charge is -2.18. The van der Waals surface area contributed by atoms with Crippen molar-refractivity contribution in [1.29, 1.82) is 0 Å². The van der Waals surface area contributed by atoms with Crippen LogP contribution in [0.5, 0.6) is 0 Å². The molecule has 0 amide bonds. The third-order valence-corrected chi connectivity index (χ3v) is 3.06. The standard InChI is InChI=1S/C13H21BrN2/c1-4-15-12(7-5-10(2)3)13-8-6-11(14)9-16-13/h6,8-10,12,15H,4-5,7H2,1-3H3. The number of halogens is 1. The van der Waals surface area contributed by atoms with Crippen molar-refractivity contribution in [3.05, 3.63) is 28.5 Å². The van der Waals surface area contributed by atoms with Crippen LogP contribution in [0.1, 0.15) is 45.3 Å². The zero-order valence-corrected chi connectivity index (χ0v) is 11.9. The van der Waals surface area contributed by atoms with Gasteiger partial charge in [0, 0.05) is 16.7 Å². The third kappa shape index (κ3) is 4.62. The predicted molar refractivity (Wildman–Crippen MR) is 72.4 cm³/mol. The molecule has 0 aliphatic rings. The number of nitrogens with one attached hydrogen (secondary N) is 1. The fraction of sp³-hybridized carbons (Fsp3) is 0.615. The van der Waals surface area contributed by atoms with Gasteiger partial charge in [0.1, 0.15) is 0 Å². The SMILES string of the molecule is CCNC(CCC(C)C)c1ccc(Br)cn1. The summed E-state index contributed by atoms with van der Waals surface area (Å²) in [4.78, 5) is 4.47. The molecule has 0 aliphatic heterocycles. The van der Waals surface area contributed by atoms with E-state index in [2.05, 4.69) is 59.1 Å². The van der Waals surface area contributed by atoms with Crippen molar-refractivity contribution in [2.24, 2.45) is 5.92 Å². The molecule has 0 saturated carbocycles. The maximum Gasteiger partial charge on any atom is 0.0574 e. The minimum atomic E-state index is 0.389. The Kier molecular flexibility index (Phi) is 5.99. The van der Waals surface area contributed by atoms with Crippen LogP contribution in [-0.2, 0) is 0 Å². The maximum atomic E-state index is 4.47. The number of hydrogen-bond acceptors (Lipinski definition) is 2. The highest BCUT2D eigenvalue weighted by Gasteiger charge is 2.11. The van der Waals surface area contributed by atoms with Crippen molar-refractivity contribution in [2.45, 2.75) is 39.7 Å². The van der Waals surface area contributed by atoms with E-state index in [-0.39, 0.29) is 0 Å². The highest BCUT2D eigenvalue weighted by Crippen LogP contribution is 2.20. The topological polar surface area (TPSA) is 24.9 Å². The second-order valence-corrected chi connectivity index (χ2v) is 5.40. The number of nitrogens with zero attached hydrogens (tertiary/aromatic N) is 1. The monoisotopic (exact) mass is 284 g/mol. The van der Waals surface area contributed by atoms with E-state index in [9.17, 15) is 0 Å². The van der Waals surface area contributed by atoms with Crippen molar-refractivity contribution in [2.75, 3.05) is 6.54 Å². The largest absolute Gasteiger partial charge is 0.309 e. The van der Waals surface area contributed by atoms with E-state index in [1.165, 1.54) is 6.42 Å².